The molecule has 0 saturated carbocycles. The van der Waals surface area contributed by atoms with Crippen molar-refractivity contribution in [3.8, 4) is 5.75 Å². The van der Waals surface area contributed by atoms with E-state index in [0.29, 0.717) is 11.4 Å². The van der Waals surface area contributed by atoms with Gasteiger partial charge in [0, 0.05) is 29.3 Å². The molecule has 21 heavy (non-hydrogen) atoms. The van der Waals surface area contributed by atoms with Gasteiger partial charge in [-0.1, -0.05) is 0 Å². The number of carbonyl (C=O) groups excluding carboxylic acids is 1. The van der Waals surface area contributed by atoms with Crippen molar-refractivity contribution in [1.29, 1.82) is 0 Å². The number of hydrogen-bond acceptors (Lipinski definition) is 4. The molecule has 2 rings (SSSR count). The van der Waals surface area contributed by atoms with E-state index in [4.69, 9.17) is 15.4 Å². The summed E-state index contributed by atoms with van der Waals surface area (Å²) in [6.45, 7) is 5.92. The summed E-state index contributed by atoms with van der Waals surface area (Å²) in [5.74, 6) is 0.452. The zero-order chi connectivity index (χ0) is 15.8. The van der Waals surface area contributed by atoms with Gasteiger partial charge in [0.2, 0.25) is 15.0 Å². The summed E-state index contributed by atoms with van der Waals surface area (Å²) in [5.41, 5.74) is 0.340. The molecule has 1 unspecified atom stereocenters. The van der Waals surface area contributed by atoms with E-state index in [-0.39, 0.29) is 24.5 Å². The van der Waals surface area contributed by atoms with Crippen LogP contribution in [0.1, 0.15) is 27.2 Å². The first kappa shape index (κ1) is 16.1. The van der Waals surface area contributed by atoms with Gasteiger partial charge in [-0.05, 0) is 45.0 Å². The Labute approximate surface area is 129 Å². The van der Waals surface area contributed by atoms with Crippen LogP contribution >= 0.6 is 10.7 Å². The number of halogens is 1. The Balaban J connectivity index is 2.14. The highest BCUT2D eigenvalue weighted by Gasteiger charge is 2.37. The van der Waals surface area contributed by atoms with Crippen molar-refractivity contribution in [2.45, 2.75) is 38.0 Å². The first-order valence-electron chi connectivity index (χ1n) is 6.59. The van der Waals surface area contributed by atoms with Crippen molar-refractivity contribution in [1.82, 2.24) is 0 Å². The minimum absolute atomic E-state index is 0.0773. The van der Waals surface area contributed by atoms with Crippen LogP contribution in [0.3, 0.4) is 0 Å². The third-order valence-electron chi connectivity index (χ3n) is 3.06. The number of ether oxygens (including phenoxy) is 1. The molecule has 0 N–H and O–H groups in total. The molecule has 1 amide bonds. The van der Waals surface area contributed by atoms with Crippen LogP contribution in [-0.2, 0) is 13.8 Å². The number of anilines is 1. The Kier molecular flexibility index (Phi) is 4.22. The van der Waals surface area contributed by atoms with Crippen molar-refractivity contribution in [3.63, 3.8) is 0 Å². The van der Waals surface area contributed by atoms with Gasteiger partial charge in [-0.2, -0.15) is 0 Å². The van der Waals surface area contributed by atoms with E-state index in [1.807, 2.05) is 20.8 Å². The van der Waals surface area contributed by atoms with Gasteiger partial charge in [-0.15, -0.1) is 0 Å². The van der Waals surface area contributed by atoms with Crippen LogP contribution in [0.25, 0.3) is 0 Å². The first-order valence-corrected chi connectivity index (χ1v) is 8.96. The van der Waals surface area contributed by atoms with E-state index in [0.717, 1.165) is 0 Å². The number of rotatable bonds is 3. The van der Waals surface area contributed by atoms with Crippen molar-refractivity contribution in [3.05, 3.63) is 24.3 Å². The average molecular weight is 332 g/mol. The summed E-state index contributed by atoms with van der Waals surface area (Å²) in [6, 6.07) is 7.00. The number of hydrogen-bond donors (Lipinski definition) is 0. The van der Waals surface area contributed by atoms with E-state index in [9.17, 15) is 13.2 Å². The van der Waals surface area contributed by atoms with Gasteiger partial charge in [-0.25, -0.2) is 8.42 Å². The quantitative estimate of drug-likeness (QED) is 0.798. The fourth-order valence-corrected chi connectivity index (χ4v) is 3.19. The molecule has 1 fully saturated rings. The molecule has 1 aromatic carbocycles. The van der Waals surface area contributed by atoms with Gasteiger partial charge >= 0.3 is 0 Å². The molecule has 5 nitrogen and oxygen atoms in total. The Bertz CT molecular complexity index is 634. The minimum Gasteiger partial charge on any atom is -0.488 e. The molecule has 0 spiro atoms. The third kappa shape index (κ3) is 4.11. The van der Waals surface area contributed by atoms with E-state index in [1.165, 1.54) is 4.90 Å². The number of nitrogens with zero attached hydrogens (tertiary/aromatic N) is 1. The summed E-state index contributed by atoms with van der Waals surface area (Å²) in [5, 5.41) is -0.850. The zero-order valence-electron chi connectivity index (χ0n) is 12.2. The molecule has 116 valence electrons. The highest BCUT2D eigenvalue weighted by atomic mass is 35.7. The molecule has 1 aliphatic rings. The van der Waals surface area contributed by atoms with Crippen molar-refractivity contribution in [2.24, 2.45) is 0 Å². The highest BCUT2D eigenvalue weighted by Crippen LogP contribution is 2.28. The predicted molar refractivity (Wildman–Crippen MR) is 82.4 cm³/mol. The van der Waals surface area contributed by atoms with Gasteiger partial charge < -0.3 is 9.64 Å². The van der Waals surface area contributed by atoms with Crippen molar-refractivity contribution < 1.29 is 17.9 Å². The number of carbonyl (C=O) groups is 1. The maximum absolute atomic E-state index is 11.9. The van der Waals surface area contributed by atoms with Crippen LogP contribution in [0.5, 0.6) is 5.75 Å². The van der Waals surface area contributed by atoms with Gasteiger partial charge in [0.15, 0.2) is 0 Å². The second-order valence-electron chi connectivity index (χ2n) is 6.01. The molecule has 1 heterocycles. The third-order valence-corrected chi connectivity index (χ3v) is 4.93. The van der Waals surface area contributed by atoms with E-state index in [1.54, 1.807) is 24.3 Å². The van der Waals surface area contributed by atoms with Crippen LogP contribution < -0.4 is 9.64 Å². The first-order chi connectivity index (χ1) is 9.56. The summed E-state index contributed by atoms with van der Waals surface area (Å²) in [6.07, 6.45) is -0.0773. The monoisotopic (exact) mass is 331 g/mol. The van der Waals surface area contributed by atoms with Crippen molar-refractivity contribution in [2.75, 3.05) is 11.4 Å². The molecular formula is C14H18ClNO4S. The van der Waals surface area contributed by atoms with Crippen molar-refractivity contribution >= 4 is 31.3 Å². The maximum atomic E-state index is 11.9. The Morgan fingerprint density at radius 3 is 2.24 bits per heavy atom. The van der Waals surface area contributed by atoms with E-state index in [2.05, 4.69) is 0 Å². The molecule has 0 radical (unpaired) electrons. The topological polar surface area (TPSA) is 63.7 Å². The predicted octanol–water partition coefficient (Wildman–Crippen LogP) is 2.54. The molecule has 0 aliphatic carbocycles. The van der Waals surface area contributed by atoms with Crippen LogP contribution in [0.15, 0.2) is 24.3 Å². The van der Waals surface area contributed by atoms with Gasteiger partial charge in [0.05, 0.1) is 0 Å². The van der Waals surface area contributed by atoms with E-state index >= 15 is 0 Å². The SMILES string of the molecule is CC(C)(C)Oc1ccc(N2CC(S(=O)(=O)Cl)CC2=O)cc1. The lowest BCUT2D eigenvalue weighted by Crippen LogP contribution is -2.26. The molecule has 1 aliphatic heterocycles. The van der Waals surface area contributed by atoms with Gasteiger partial charge in [0.25, 0.3) is 0 Å². The fourth-order valence-electron chi connectivity index (χ4n) is 2.16. The Hall–Kier alpha value is -1.27. The summed E-state index contributed by atoms with van der Waals surface area (Å²) in [4.78, 5) is 13.4. The minimum atomic E-state index is -3.72. The van der Waals surface area contributed by atoms with Crippen LogP contribution in [0.2, 0.25) is 0 Å². The highest BCUT2D eigenvalue weighted by molar-refractivity contribution is 8.14. The van der Waals surface area contributed by atoms with Crippen LogP contribution in [0, 0.1) is 0 Å². The Morgan fingerprint density at radius 2 is 1.81 bits per heavy atom. The average Bonchev–Trinajstić information content (AvgIpc) is 2.70. The Morgan fingerprint density at radius 1 is 1.24 bits per heavy atom. The molecule has 1 saturated heterocycles. The normalized spacial score (nSPS) is 19.9. The fraction of sp³-hybridized carbons (Fsp3) is 0.500. The second-order valence-corrected chi connectivity index (χ2v) is 8.92. The molecule has 1 atom stereocenters. The van der Waals surface area contributed by atoms with Crippen LogP contribution in [0.4, 0.5) is 5.69 Å². The number of benzene rings is 1. The lowest BCUT2D eigenvalue weighted by atomic mass is 10.2. The van der Waals surface area contributed by atoms with Gasteiger partial charge in [-0.3, -0.25) is 4.79 Å². The zero-order valence-corrected chi connectivity index (χ0v) is 13.7. The standard InChI is InChI=1S/C14H18ClNO4S/c1-14(2,3)20-11-6-4-10(5-7-11)16-9-12(8-13(16)17)21(15,18)19/h4-7,12H,8-9H2,1-3H3. The lowest BCUT2D eigenvalue weighted by molar-refractivity contribution is -0.117. The largest absolute Gasteiger partial charge is 0.488 e. The molecule has 1 aromatic rings. The number of amides is 1. The maximum Gasteiger partial charge on any atom is 0.237 e. The lowest BCUT2D eigenvalue weighted by Gasteiger charge is -2.22. The van der Waals surface area contributed by atoms with Crippen LogP contribution in [-0.4, -0.2) is 31.7 Å². The summed E-state index contributed by atoms with van der Waals surface area (Å²) in [7, 11) is 1.61. The van der Waals surface area contributed by atoms with E-state index < -0.39 is 14.3 Å². The smallest absolute Gasteiger partial charge is 0.237 e. The molecule has 0 bridgehead atoms. The second kappa shape index (κ2) is 5.50. The molecule has 7 heteroatoms. The molecule has 0 aromatic heterocycles. The summed E-state index contributed by atoms with van der Waals surface area (Å²) < 4.78 is 28.4. The molecular weight excluding hydrogens is 314 g/mol. The van der Waals surface area contributed by atoms with Gasteiger partial charge in [0.1, 0.15) is 16.6 Å². The summed E-state index contributed by atoms with van der Waals surface area (Å²) >= 11 is 0.